The maximum absolute atomic E-state index is 12.0. The molecule has 1 N–H and O–H groups in total. The Morgan fingerprint density at radius 2 is 1.80 bits per heavy atom. The molecule has 0 unspecified atom stereocenters. The molecule has 0 aromatic carbocycles. The van der Waals surface area contributed by atoms with Gasteiger partial charge in [0.2, 0.25) is 0 Å². The molecule has 1 rings (SSSR count). The highest BCUT2D eigenvalue weighted by molar-refractivity contribution is 5.96. The summed E-state index contributed by atoms with van der Waals surface area (Å²) in [6, 6.07) is 0. The van der Waals surface area contributed by atoms with E-state index in [0.717, 1.165) is 30.6 Å². The second kappa shape index (κ2) is 7.72. The number of methoxy groups -OCH3 is 1. The highest BCUT2D eigenvalue weighted by Gasteiger charge is 2.17. The Morgan fingerprint density at radius 1 is 1.10 bits per heavy atom. The van der Waals surface area contributed by atoms with Crippen molar-refractivity contribution in [2.75, 3.05) is 13.7 Å². The third kappa shape index (κ3) is 4.40. The van der Waals surface area contributed by atoms with Gasteiger partial charge in [0.1, 0.15) is 11.5 Å². The molecular weight excluding hydrogens is 258 g/mol. The number of furan rings is 1. The van der Waals surface area contributed by atoms with Crippen LogP contribution in [-0.4, -0.2) is 25.5 Å². The molecule has 112 valence electrons. The third-order valence-corrected chi connectivity index (χ3v) is 3.36. The highest BCUT2D eigenvalue weighted by Crippen LogP contribution is 2.20. The number of rotatable bonds is 7. The molecule has 0 saturated heterocycles. The van der Waals surface area contributed by atoms with Crippen molar-refractivity contribution < 1.29 is 18.7 Å². The number of amides is 1. The molecule has 0 atom stereocenters. The first kappa shape index (κ1) is 16.3. The van der Waals surface area contributed by atoms with E-state index in [9.17, 15) is 9.59 Å². The summed E-state index contributed by atoms with van der Waals surface area (Å²) in [4.78, 5) is 23.0. The summed E-state index contributed by atoms with van der Waals surface area (Å²) in [5, 5.41) is 2.88. The van der Waals surface area contributed by atoms with E-state index in [1.165, 1.54) is 7.11 Å². The molecule has 0 saturated carbocycles. The van der Waals surface area contributed by atoms with E-state index in [1.807, 2.05) is 13.8 Å². The lowest BCUT2D eigenvalue weighted by Gasteiger charge is -2.05. The van der Waals surface area contributed by atoms with Gasteiger partial charge in [0.15, 0.2) is 0 Å². The zero-order chi connectivity index (χ0) is 15.1. The monoisotopic (exact) mass is 281 g/mol. The quantitative estimate of drug-likeness (QED) is 0.616. The average Bonchev–Trinajstić information content (AvgIpc) is 2.66. The molecular formula is C15H23NO4. The Morgan fingerprint density at radius 3 is 2.35 bits per heavy atom. The average molecular weight is 281 g/mol. The number of hydrogen-bond acceptors (Lipinski definition) is 4. The van der Waals surface area contributed by atoms with Crippen LogP contribution in [0.1, 0.15) is 53.1 Å². The lowest BCUT2D eigenvalue weighted by atomic mass is 10.1. The minimum Gasteiger partial charge on any atom is -0.469 e. The molecule has 20 heavy (non-hydrogen) atoms. The van der Waals surface area contributed by atoms with Crippen LogP contribution in [0.25, 0.3) is 0 Å². The summed E-state index contributed by atoms with van der Waals surface area (Å²) in [7, 11) is 1.39. The van der Waals surface area contributed by atoms with E-state index < -0.39 is 0 Å². The first-order valence-corrected chi connectivity index (χ1v) is 6.89. The Bertz CT molecular complexity index is 476. The molecule has 1 aromatic rings. The van der Waals surface area contributed by atoms with E-state index in [0.29, 0.717) is 24.3 Å². The Labute approximate surface area is 119 Å². The third-order valence-electron chi connectivity index (χ3n) is 3.36. The first-order chi connectivity index (χ1) is 9.47. The summed E-state index contributed by atoms with van der Waals surface area (Å²) in [5.74, 6) is 1.16. The number of esters is 1. The second-order valence-electron chi connectivity index (χ2n) is 4.86. The number of unbranched alkanes of at least 4 members (excludes halogenated alkanes) is 2. The van der Waals surface area contributed by atoms with Crippen LogP contribution < -0.4 is 5.32 Å². The van der Waals surface area contributed by atoms with Crippen molar-refractivity contribution in [3.8, 4) is 0 Å². The van der Waals surface area contributed by atoms with Crippen LogP contribution in [0.15, 0.2) is 4.42 Å². The highest BCUT2D eigenvalue weighted by atomic mass is 16.5. The summed E-state index contributed by atoms with van der Waals surface area (Å²) in [5.41, 5.74) is 1.53. The number of carbonyl (C=O) groups is 2. The molecule has 5 heteroatoms. The van der Waals surface area contributed by atoms with Gasteiger partial charge in [0, 0.05) is 18.5 Å². The van der Waals surface area contributed by atoms with Gasteiger partial charge in [-0.1, -0.05) is 6.42 Å². The van der Waals surface area contributed by atoms with Gasteiger partial charge < -0.3 is 14.5 Å². The molecule has 0 bridgehead atoms. The van der Waals surface area contributed by atoms with E-state index >= 15 is 0 Å². The molecule has 0 spiro atoms. The van der Waals surface area contributed by atoms with Gasteiger partial charge in [0.05, 0.1) is 12.7 Å². The van der Waals surface area contributed by atoms with Crippen molar-refractivity contribution in [3.05, 3.63) is 22.6 Å². The van der Waals surface area contributed by atoms with Crippen LogP contribution in [0.3, 0.4) is 0 Å². The van der Waals surface area contributed by atoms with E-state index in [-0.39, 0.29) is 11.9 Å². The zero-order valence-electron chi connectivity index (χ0n) is 12.7. The van der Waals surface area contributed by atoms with Gasteiger partial charge in [-0.2, -0.15) is 0 Å². The fourth-order valence-corrected chi connectivity index (χ4v) is 2.09. The smallest absolute Gasteiger partial charge is 0.305 e. The largest absolute Gasteiger partial charge is 0.469 e. The molecule has 1 aromatic heterocycles. The lowest BCUT2D eigenvalue weighted by Crippen LogP contribution is -2.25. The molecule has 1 amide bonds. The normalized spacial score (nSPS) is 10.4. The van der Waals surface area contributed by atoms with Crippen molar-refractivity contribution in [1.82, 2.24) is 5.32 Å². The van der Waals surface area contributed by atoms with E-state index in [4.69, 9.17) is 4.42 Å². The minimum atomic E-state index is -0.186. The Hall–Kier alpha value is -1.78. The van der Waals surface area contributed by atoms with Crippen molar-refractivity contribution in [2.24, 2.45) is 0 Å². The van der Waals surface area contributed by atoms with Crippen LogP contribution in [-0.2, 0) is 9.53 Å². The van der Waals surface area contributed by atoms with Crippen molar-refractivity contribution in [2.45, 2.75) is 46.5 Å². The van der Waals surface area contributed by atoms with Gasteiger partial charge in [0.25, 0.3) is 5.91 Å². The van der Waals surface area contributed by atoms with Crippen LogP contribution >= 0.6 is 0 Å². The maximum atomic E-state index is 12.0. The fraction of sp³-hybridized carbons (Fsp3) is 0.600. The number of aryl methyl sites for hydroxylation is 2. The maximum Gasteiger partial charge on any atom is 0.305 e. The molecule has 1 heterocycles. The van der Waals surface area contributed by atoms with Crippen molar-refractivity contribution in [1.29, 1.82) is 0 Å². The minimum absolute atomic E-state index is 0.0928. The second-order valence-corrected chi connectivity index (χ2v) is 4.86. The SMILES string of the molecule is COC(=O)CCCCCNC(=O)c1c(C)oc(C)c1C. The summed E-state index contributed by atoms with van der Waals surface area (Å²) < 4.78 is 10.0. The van der Waals surface area contributed by atoms with Crippen molar-refractivity contribution >= 4 is 11.9 Å². The molecule has 5 nitrogen and oxygen atoms in total. The predicted octanol–water partition coefficient (Wildman–Crippen LogP) is 2.67. The van der Waals surface area contributed by atoms with Gasteiger partial charge in [-0.15, -0.1) is 0 Å². The number of carbonyl (C=O) groups excluding carboxylic acids is 2. The Balaban J connectivity index is 2.29. The number of hydrogen-bond donors (Lipinski definition) is 1. The number of ether oxygens (including phenoxy) is 1. The van der Waals surface area contributed by atoms with Crippen LogP contribution in [0, 0.1) is 20.8 Å². The summed E-state index contributed by atoms with van der Waals surface area (Å²) in [6.07, 6.45) is 2.95. The molecule has 0 fully saturated rings. The number of nitrogens with one attached hydrogen (secondary N) is 1. The van der Waals surface area contributed by atoms with Crippen LogP contribution in [0.4, 0.5) is 0 Å². The first-order valence-electron chi connectivity index (χ1n) is 6.89. The standard InChI is InChI=1S/C15H23NO4/c1-10-11(2)20-12(3)14(10)15(18)16-9-7-5-6-8-13(17)19-4/h5-9H2,1-4H3,(H,16,18). The summed E-state index contributed by atoms with van der Waals surface area (Å²) >= 11 is 0. The van der Waals surface area contributed by atoms with E-state index in [1.54, 1.807) is 6.92 Å². The Kier molecular flexibility index (Phi) is 6.28. The fourth-order valence-electron chi connectivity index (χ4n) is 2.09. The van der Waals surface area contributed by atoms with Gasteiger partial charge in [-0.25, -0.2) is 0 Å². The van der Waals surface area contributed by atoms with Gasteiger partial charge in [-0.05, 0) is 33.6 Å². The molecule has 0 aliphatic rings. The van der Waals surface area contributed by atoms with Gasteiger partial charge in [-0.3, -0.25) is 9.59 Å². The molecule has 0 radical (unpaired) electrons. The van der Waals surface area contributed by atoms with Gasteiger partial charge >= 0.3 is 5.97 Å². The van der Waals surface area contributed by atoms with Crippen LogP contribution in [0.5, 0.6) is 0 Å². The molecule has 0 aliphatic carbocycles. The lowest BCUT2D eigenvalue weighted by molar-refractivity contribution is -0.140. The van der Waals surface area contributed by atoms with Crippen LogP contribution in [0.2, 0.25) is 0 Å². The summed E-state index contributed by atoms with van der Waals surface area (Å²) in [6.45, 7) is 6.14. The predicted molar refractivity (Wildman–Crippen MR) is 75.7 cm³/mol. The molecule has 0 aliphatic heterocycles. The zero-order valence-corrected chi connectivity index (χ0v) is 12.7. The topological polar surface area (TPSA) is 68.5 Å². The van der Waals surface area contributed by atoms with Crippen molar-refractivity contribution in [3.63, 3.8) is 0 Å². The van der Waals surface area contributed by atoms with E-state index in [2.05, 4.69) is 10.1 Å².